The van der Waals surface area contributed by atoms with E-state index in [-0.39, 0.29) is 6.10 Å². The molecule has 1 aromatic heterocycles. The Morgan fingerprint density at radius 1 is 1.06 bits per heavy atom. The van der Waals surface area contributed by atoms with Crippen LogP contribution in [0.15, 0.2) is 53.7 Å². The minimum Gasteiger partial charge on any atom is -0.375 e. The molecule has 4 rings (SSSR count). The van der Waals surface area contributed by atoms with Crippen LogP contribution in [0.25, 0.3) is 17.1 Å². The van der Waals surface area contributed by atoms with Crippen molar-refractivity contribution in [2.45, 2.75) is 39.0 Å². The Bertz CT molecular complexity index is 1000. The number of rotatable bonds is 7. The molecule has 2 aromatic carbocycles. The van der Waals surface area contributed by atoms with Crippen molar-refractivity contribution >= 4 is 11.8 Å². The van der Waals surface area contributed by atoms with Gasteiger partial charge in [-0.05, 0) is 43.0 Å². The first kappa shape index (κ1) is 22.1. The first-order valence-corrected chi connectivity index (χ1v) is 12.0. The molecule has 0 radical (unpaired) electrons. The van der Waals surface area contributed by atoms with Crippen molar-refractivity contribution in [2.24, 2.45) is 5.92 Å². The van der Waals surface area contributed by atoms with E-state index in [0.29, 0.717) is 5.92 Å². The highest BCUT2D eigenvalue weighted by Crippen LogP contribution is 2.29. The standard InChI is InChI=1S/C25H32N4OS/c1-18(2)15-28-12-13-30-23(16-28)17-31-25-27-26-24(21-8-6-5-7-9-21)29(25)22-11-10-19(3)20(4)14-22/h5-11,14,18,23H,12-13,15-17H2,1-4H3. The largest absolute Gasteiger partial charge is 0.375 e. The van der Waals surface area contributed by atoms with Gasteiger partial charge in [0.1, 0.15) is 0 Å². The fourth-order valence-electron chi connectivity index (χ4n) is 3.97. The van der Waals surface area contributed by atoms with Crippen molar-refractivity contribution in [1.82, 2.24) is 19.7 Å². The van der Waals surface area contributed by atoms with Crippen LogP contribution in [0.2, 0.25) is 0 Å². The van der Waals surface area contributed by atoms with Crippen molar-refractivity contribution in [3.8, 4) is 17.1 Å². The molecule has 0 saturated carbocycles. The first-order chi connectivity index (χ1) is 15.0. The zero-order chi connectivity index (χ0) is 21.8. The second kappa shape index (κ2) is 9.98. The Balaban J connectivity index is 1.59. The highest BCUT2D eigenvalue weighted by molar-refractivity contribution is 7.99. The maximum absolute atomic E-state index is 6.06. The molecule has 2 heterocycles. The van der Waals surface area contributed by atoms with Gasteiger partial charge in [-0.2, -0.15) is 0 Å². The van der Waals surface area contributed by atoms with E-state index in [1.165, 1.54) is 11.1 Å². The molecule has 3 aromatic rings. The predicted molar refractivity (Wildman–Crippen MR) is 128 cm³/mol. The third-order valence-electron chi connectivity index (χ3n) is 5.66. The molecular formula is C25H32N4OS. The lowest BCUT2D eigenvalue weighted by molar-refractivity contribution is -0.0191. The van der Waals surface area contributed by atoms with Gasteiger partial charge in [-0.3, -0.25) is 9.47 Å². The van der Waals surface area contributed by atoms with E-state index >= 15 is 0 Å². The number of aromatic nitrogens is 3. The molecule has 0 N–H and O–H groups in total. The van der Waals surface area contributed by atoms with Crippen molar-refractivity contribution in [3.05, 3.63) is 59.7 Å². The summed E-state index contributed by atoms with van der Waals surface area (Å²) in [6.45, 7) is 12.8. The van der Waals surface area contributed by atoms with Crippen LogP contribution in [0.4, 0.5) is 0 Å². The van der Waals surface area contributed by atoms with E-state index in [1.807, 2.05) is 18.2 Å². The average Bonchev–Trinajstić information content (AvgIpc) is 3.19. The number of benzene rings is 2. The molecule has 1 unspecified atom stereocenters. The summed E-state index contributed by atoms with van der Waals surface area (Å²) in [5, 5.41) is 10.1. The SMILES string of the molecule is Cc1ccc(-n2c(SCC3CN(CC(C)C)CCO3)nnc2-c2ccccc2)cc1C. The monoisotopic (exact) mass is 436 g/mol. The van der Waals surface area contributed by atoms with Crippen LogP contribution in [0.5, 0.6) is 0 Å². The van der Waals surface area contributed by atoms with Crippen molar-refractivity contribution in [1.29, 1.82) is 0 Å². The molecule has 164 valence electrons. The molecule has 0 aliphatic carbocycles. The number of aryl methyl sites for hydroxylation is 2. The Labute approximate surface area is 189 Å². The fourth-order valence-corrected chi connectivity index (χ4v) is 4.92. The Kier molecular flexibility index (Phi) is 7.10. The molecule has 5 nitrogen and oxygen atoms in total. The van der Waals surface area contributed by atoms with Crippen LogP contribution in [0.1, 0.15) is 25.0 Å². The van der Waals surface area contributed by atoms with Crippen LogP contribution < -0.4 is 0 Å². The second-order valence-corrected chi connectivity index (χ2v) is 9.72. The number of nitrogens with zero attached hydrogens (tertiary/aromatic N) is 4. The van der Waals surface area contributed by atoms with E-state index in [1.54, 1.807) is 11.8 Å². The van der Waals surface area contributed by atoms with Gasteiger partial charge in [0, 0.05) is 31.0 Å². The van der Waals surface area contributed by atoms with Gasteiger partial charge < -0.3 is 4.74 Å². The molecule has 1 aliphatic heterocycles. The topological polar surface area (TPSA) is 43.2 Å². The summed E-state index contributed by atoms with van der Waals surface area (Å²) in [4.78, 5) is 2.52. The number of hydrogen-bond donors (Lipinski definition) is 0. The summed E-state index contributed by atoms with van der Waals surface area (Å²) >= 11 is 1.73. The average molecular weight is 437 g/mol. The predicted octanol–water partition coefficient (Wildman–Crippen LogP) is 5.00. The molecule has 1 saturated heterocycles. The van der Waals surface area contributed by atoms with Gasteiger partial charge in [-0.1, -0.05) is 62.0 Å². The van der Waals surface area contributed by atoms with Gasteiger partial charge in [0.15, 0.2) is 11.0 Å². The molecule has 1 aliphatic rings. The highest BCUT2D eigenvalue weighted by atomic mass is 32.2. The zero-order valence-corrected chi connectivity index (χ0v) is 19.7. The van der Waals surface area contributed by atoms with Gasteiger partial charge >= 0.3 is 0 Å². The summed E-state index contributed by atoms with van der Waals surface area (Å²) in [6, 6.07) is 16.8. The third kappa shape index (κ3) is 5.37. The van der Waals surface area contributed by atoms with Crippen molar-refractivity contribution in [2.75, 3.05) is 32.0 Å². The number of ether oxygens (including phenoxy) is 1. The Hall–Kier alpha value is -2.15. The van der Waals surface area contributed by atoms with E-state index < -0.39 is 0 Å². The summed E-state index contributed by atoms with van der Waals surface area (Å²) < 4.78 is 8.25. The van der Waals surface area contributed by atoms with Gasteiger partial charge in [-0.25, -0.2) is 0 Å². The van der Waals surface area contributed by atoms with E-state index in [9.17, 15) is 0 Å². The lowest BCUT2D eigenvalue weighted by atomic mass is 10.1. The van der Waals surface area contributed by atoms with Gasteiger partial charge in [-0.15, -0.1) is 10.2 Å². The molecule has 1 fully saturated rings. The molecular weight excluding hydrogens is 404 g/mol. The third-order valence-corrected chi connectivity index (χ3v) is 6.72. The van der Waals surface area contributed by atoms with E-state index in [2.05, 4.69) is 77.7 Å². The van der Waals surface area contributed by atoms with Crippen LogP contribution in [0, 0.1) is 19.8 Å². The highest BCUT2D eigenvalue weighted by Gasteiger charge is 2.23. The van der Waals surface area contributed by atoms with E-state index in [4.69, 9.17) is 4.74 Å². The molecule has 0 bridgehead atoms. The Morgan fingerprint density at radius 2 is 1.87 bits per heavy atom. The molecule has 0 spiro atoms. The Morgan fingerprint density at radius 3 is 2.61 bits per heavy atom. The summed E-state index contributed by atoms with van der Waals surface area (Å²) in [5.41, 5.74) is 4.71. The normalized spacial score (nSPS) is 17.4. The quantitative estimate of drug-likeness (QED) is 0.488. The van der Waals surface area contributed by atoms with Crippen LogP contribution in [-0.4, -0.2) is 57.8 Å². The summed E-state index contributed by atoms with van der Waals surface area (Å²) in [6.07, 6.45) is 0.211. The number of morpholine rings is 1. The maximum atomic E-state index is 6.06. The second-order valence-electron chi connectivity index (χ2n) is 8.73. The van der Waals surface area contributed by atoms with Gasteiger partial charge in [0.05, 0.1) is 18.4 Å². The molecule has 0 amide bonds. The maximum Gasteiger partial charge on any atom is 0.196 e. The smallest absolute Gasteiger partial charge is 0.196 e. The van der Waals surface area contributed by atoms with Gasteiger partial charge in [0.2, 0.25) is 0 Å². The van der Waals surface area contributed by atoms with Crippen LogP contribution >= 0.6 is 11.8 Å². The lowest BCUT2D eigenvalue weighted by Crippen LogP contribution is -2.44. The summed E-state index contributed by atoms with van der Waals surface area (Å²) in [7, 11) is 0. The van der Waals surface area contributed by atoms with E-state index in [0.717, 1.165) is 54.2 Å². The first-order valence-electron chi connectivity index (χ1n) is 11.1. The lowest BCUT2D eigenvalue weighted by Gasteiger charge is -2.33. The number of hydrogen-bond acceptors (Lipinski definition) is 5. The van der Waals surface area contributed by atoms with Crippen molar-refractivity contribution in [3.63, 3.8) is 0 Å². The minimum absolute atomic E-state index is 0.211. The summed E-state index contributed by atoms with van der Waals surface area (Å²) in [5.74, 6) is 2.41. The fraction of sp³-hybridized carbons (Fsp3) is 0.440. The molecule has 31 heavy (non-hydrogen) atoms. The minimum atomic E-state index is 0.211. The number of thioether (sulfide) groups is 1. The molecule has 6 heteroatoms. The van der Waals surface area contributed by atoms with Crippen LogP contribution in [-0.2, 0) is 4.74 Å². The zero-order valence-electron chi connectivity index (χ0n) is 18.9. The molecule has 1 atom stereocenters. The van der Waals surface area contributed by atoms with Crippen LogP contribution in [0.3, 0.4) is 0 Å². The van der Waals surface area contributed by atoms with Crippen molar-refractivity contribution < 1.29 is 4.74 Å². The van der Waals surface area contributed by atoms with Gasteiger partial charge in [0.25, 0.3) is 0 Å².